The number of anilines is 2. The summed E-state index contributed by atoms with van der Waals surface area (Å²) in [5, 5.41) is 3.64. The number of hydrogen-bond acceptors (Lipinski definition) is 2. The molecule has 0 atom stereocenters. The number of halogens is 1. The molecule has 0 bridgehead atoms. The standard InChI is InChI=1S/C16H15ClN2OS/c1-11-2-5-13(6-3-11)18-16(20)19-8-9-21-15-10-12(17)4-7-14(15)19/h2-7,10H,8-9H2,1H3,(H,18,20). The van der Waals surface area contributed by atoms with Crippen molar-refractivity contribution in [1.29, 1.82) is 0 Å². The number of urea groups is 1. The van der Waals surface area contributed by atoms with Gasteiger partial charge in [-0.1, -0.05) is 29.3 Å². The van der Waals surface area contributed by atoms with Crippen molar-refractivity contribution in [3.8, 4) is 0 Å². The van der Waals surface area contributed by atoms with E-state index < -0.39 is 0 Å². The van der Waals surface area contributed by atoms with Gasteiger partial charge in [0.05, 0.1) is 5.69 Å². The number of thioether (sulfide) groups is 1. The lowest BCUT2D eigenvalue weighted by molar-refractivity contribution is 0.257. The molecule has 0 aromatic heterocycles. The van der Waals surface area contributed by atoms with Gasteiger partial charge in [-0.3, -0.25) is 4.90 Å². The van der Waals surface area contributed by atoms with Crippen LogP contribution in [-0.2, 0) is 0 Å². The van der Waals surface area contributed by atoms with Gasteiger partial charge in [-0.25, -0.2) is 4.79 Å². The SMILES string of the molecule is Cc1ccc(NC(=O)N2CCSc3cc(Cl)ccc32)cc1. The number of carbonyl (C=O) groups excluding carboxylic acids is 1. The largest absolute Gasteiger partial charge is 0.326 e. The molecule has 0 aliphatic carbocycles. The Balaban J connectivity index is 1.81. The number of benzene rings is 2. The van der Waals surface area contributed by atoms with Crippen LogP contribution in [-0.4, -0.2) is 18.3 Å². The highest BCUT2D eigenvalue weighted by atomic mass is 35.5. The molecule has 3 nitrogen and oxygen atoms in total. The number of nitrogens with one attached hydrogen (secondary N) is 1. The number of amides is 2. The first kappa shape index (κ1) is 14.3. The maximum absolute atomic E-state index is 12.5. The van der Waals surface area contributed by atoms with Gasteiger partial charge in [0.25, 0.3) is 0 Å². The minimum Gasteiger partial charge on any atom is -0.308 e. The summed E-state index contributed by atoms with van der Waals surface area (Å²) in [4.78, 5) is 15.3. The molecular formula is C16H15ClN2OS. The summed E-state index contributed by atoms with van der Waals surface area (Å²) in [5.41, 5.74) is 2.89. The highest BCUT2D eigenvalue weighted by Gasteiger charge is 2.23. The average Bonchev–Trinajstić information content (AvgIpc) is 2.48. The number of fused-ring (bicyclic) bond motifs is 1. The zero-order valence-electron chi connectivity index (χ0n) is 11.6. The van der Waals surface area contributed by atoms with Crippen molar-refractivity contribution < 1.29 is 4.79 Å². The fraction of sp³-hybridized carbons (Fsp3) is 0.188. The molecule has 2 aromatic carbocycles. The molecule has 5 heteroatoms. The predicted molar refractivity (Wildman–Crippen MR) is 89.7 cm³/mol. The number of rotatable bonds is 1. The fourth-order valence-electron chi connectivity index (χ4n) is 2.23. The molecule has 0 saturated heterocycles. The highest BCUT2D eigenvalue weighted by Crippen LogP contribution is 2.36. The van der Waals surface area contributed by atoms with Gasteiger partial charge in [-0.05, 0) is 37.3 Å². The quantitative estimate of drug-likeness (QED) is 0.819. The van der Waals surface area contributed by atoms with E-state index in [4.69, 9.17) is 11.6 Å². The van der Waals surface area contributed by atoms with Gasteiger partial charge in [0, 0.05) is 27.9 Å². The molecule has 1 aliphatic heterocycles. The molecule has 0 saturated carbocycles. The van der Waals surface area contributed by atoms with Gasteiger partial charge in [0.1, 0.15) is 0 Å². The fourth-order valence-corrected chi connectivity index (χ4v) is 3.50. The van der Waals surface area contributed by atoms with E-state index in [1.54, 1.807) is 16.7 Å². The van der Waals surface area contributed by atoms with Crippen LogP contribution in [0.3, 0.4) is 0 Å². The lowest BCUT2D eigenvalue weighted by Crippen LogP contribution is -2.38. The molecule has 3 rings (SSSR count). The molecular weight excluding hydrogens is 304 g/mol. The summed E-state index contributed by atoms with van der Waals surface area (Å²) in [6.45, 7) is 2.71. The zero-order chi connectivity index (χ0) is 14.8. The van der Waals surface area contributed by atoms with Crippen LogP contribution in [0.2, 0.25) is 5.02 Å². The van der Waals surface area contributed by atoms with Gasteiger partial charge in [0.2, 0.25) is 0 Å². The third-order valence-corrected chi connectivity index (χ3v) is 4.59. The van der Waals surface area contributed by atoms with Crippen molar-refractivity contribution in [3.05, 3.63) is 53.1 Å². The summed E-state index contributed by atoms with van der Waals surface area (Å²) in [7, 11) is 0. The van der Waals surface area contributed by atoms with Crippen molar-refractivity contribution >= 4 is 40.8 Å². The highest BCUT2D eigenvalue weighted by molar-refractivity contribution is 7.99. The van der Waals surface area contributed by atoms with E-state index in [2.05, 4.69) is 5.32 Å². The molecule has 0 spiro atoms. The Morgan fingerprint density at radius 1 is 1.24 bits per heavy atom. The van der Waals surface area contributed by atoms with E-state index in [0.29, 0.717) is 11.6 Å². The van der Waals surface area contributed by atoms with Crippen molar-refractivity contribution in [2.24, 2.45) is 0 Å². The van der Waals surface area contributed by atoms with Crippen LogP contribution in [0.15, 0.2) is 47.4 Å². The number of nitrogens with zero attached hydrogens (tertiary/aromatic N) is 1. The second kappa shape index (κ2) is 6.00. The van der Waals surface area contributed by atoms with Crippen molar-refractivity contribution in [3.63, 3.8) is 0 Å². The van der Waals surface area contributed by atoms with Crippen LogP contribution in [0.25, 0.3) is 0 Å². The Labute approximate surface area is 133 Å². The number of aryl methyl sites for hydroxylation is 1. The number of hydrogen-bond donors (Lipinski definition) is 1. The lowest BCUT2D eigenvalue weighted by Gasteiger charge is -2.29. The van der Waals surface area contributed by atoms with Crippen LogP contribution in [0, 0.1) is 6.92 Å². The van der Waals surface area contributed by atoms with Gasteiger partial charge in [-0.2, -0.15) is 0 Å². The van der Waals surface area contributed by atoms with Crippen LogP contribution < -0.4 is 10.2 Å². The monoisotopic (exact) mass is 318 g/mol. The van der Waals surface area contributed by atoms with E-state index in [1.807, 2.05) is 49.4 Å². The van der Waals surface area contributed by atoms with Crippen LogP contribution >= 0.6 is 23.4 Å². The van der Waals surface area contributed by atoms with E-state index in [9.17, 15) is 4.79 Å². The summed E-state index contributed by atoms with van der Waals surface area (Å²) in [6.07, 6.45) is 0. The average molecular weight is 319 g/mol. The second-order valence-corrected chi connectivity index (χ2v) is 6.48. The molecule has 21 heavy (non-hydrogen) atoms. The predicted octanol–water partition coefficient (Wildman–Crippen LogP) is 4.79. The van der Waals surface area contributed by atoms with Crippen molar-refractivity contribution in [1.82, 2.24) is 0 Å². The molecule has 2 aromatic rings. The topological polar surface area (TPSA) is 32.3 Å². The Morgan fingerprint density at radius 3 is 2.76 bits per heavy atom. The first-order chi connectivity index (χ1) is 10.1. The Bertz CT molecular complexity index is 672. The Kier molecular flexibility index (Phi) is 4.08. The molecule has 2 amide bonds. The second-order valence-electron chi connectivity index (χ2n) is 4.91. The first-order valence-corrected chi connectivity index (χ1v) is 8.07. The van der Waals surface area contributed by atoms with Crippen LogP contribution in [0.5, 0.6) is 0 Å². The maximum Gasteiger partial charge on any atom is 0.326 e. The minimum absolute atomic E-state index is 0.109. The third-order valence-electron chi connectivity index (χ3n) is 3.33. The van der Waals surface area contributed by atoms with Crippen LogP contribution in [0.4, 0.5) is 16.2 Å². The molecule has 1 aliphatic rings. The molecule has 0 unspecified atom stereocenters. The molecule has 108 valence electrons. The van der Waals surface area contributed by atoms with Crippen LogP contribution in [0.1, 0.15) is 5.56 Å². The minimum atomic E-state index is -0.109. The molecule has 0 radical (unpaired) electrons. The van der Waals surface area contributed by atoms with Gasteiger partial charge < -0.3 is 5.32 Å². The van der Waals surface area contributed by atoms with Crippen molar-refractivity contribution in [2.45, 2.75) is 11.8 Å². The van der Waals surface area contributed by atoms with Gasteiger partial charge in [0.15, 0.2) is 0 Å². The number of carbonyl (C=O) groups is 1. The normalized spacial score (nSPS) is 13.7. The maximum atomic E-state index is 12.5. The lowest BCUT2D eigenvalue weighted by atomic mass is 10.2. The van der Waals surface area contributed by atoms with E-state index in [0.717, 1.165) is 22.0 Å². The zero-order valence-corrected chi connectivity index (χ0v) is 13.2. The van der Waals surface area contributed by atoms with E-state index in [-0.39, 0.29) is 6.03 Å². The van der Waals surface area contributed by atoms with Gasteiger partial charge >= 0.3 is 6.03 Å². The van der Waals surface area contributed by atoms with E-state index in [1.165, 1.54) is 5.56 Å². The smallest absolute Gasteiger partial charge is 0.308 e. The van der Waals surface area contributed by atoms with Gasteiger partial charge in [-0.15, -0.1) is 11.8 Å². The third kappa shape index (κ3) is 3.17. The van der Waals surface area contributed by atoms with Crippen molar-refractivity contribution in [2.75, 3.05) is 22.5 Å². The summed E-state index contributed by atoms with van der Waals surface area (Å²) < 4.78 is 0. The van der Waals surface area contributed by atoms with E-state index >= 15 is 0 Å². The summed E-state index contributed by atoms with van der Waals surface area (Å²) >= 11 is 7.74. The first-order valence-electron chi connectivity index (χ1n) is 6.71. The molecule has 0 fully saturated rings. The molecule has 1 heterocycles. The summed E-state index contributed by atoms with van der Waals surface area (Å²) in [6, 6.07) is 13.3. The Hall–Kier alpha value is -1.65. The summed E-state index contributed by atoms with van der Waals surface area (Å²) in [5.74, 6) is 0.870. The Morgan fingerprint density at radius 2 is 2.00 bits per heavy atom. The molecule has 1 N–H and O–H groups in total.